The smallest absolute Gasteiger partial charge is 0.251 e. The molecule has 1 aromatic carbocycles. The van der Waals surface area contributed by atoms with Gasteiger partial charge in [0.25, 0.3) is 5.91 Å². The zero-order chi connectivity index (χ0) is 16.3. The Morgan fingerprint density at radius 1 is 1.26 bits per heavy atom. The fourth-order valence-electron chi connectivity index (χ4n) is 2.83. The van der Waals surface area contributed by atoms with Crippen LogP contribution in [0.2, 0.25) is 0 Å². The first-order valence-electron chi connectivity index (χ1n) is 7.84. The van der Waals surface area contributed by atoms with Crippen molar-refractivity contribution in [1.82, 2.24) is 5.32 Å². The highest BCUT2D eigenvalue weighted by molar-refractivity contribution is 5.97. The largest absolute Gasteiger partial charge is 0.350 e. The lowest BCUT2D eigenvalue weighted by Gasteiger charge is -2.14. The molecule has 0 aromatic heterocycles. The molecule has 2 unspecified atom stereocenters. The highest BCUT2D eigenvalue weighted by Gasteiger charge is 2.27. The summed E-state index contributed by atoms with van der Waals surface area (Å²) in [6.45, 7) is 5.72. The average Bonchev–Trinajstić information content (AvgIpc) is 2.84. The highest BCUT2D eigenvalue weighted by atomic mass is 35.5. The maximum Gasteiger partial charge on any atom is 0.251 e. The van der Waals surface area contributed by atoms with Crippen molar-refractivity contribution >= 4 is 29.9 Å². The van der Waals surface area contributed by atoms with Gasteiger partial charge in [-0.3, -0.25) is 9.59 Å². The SMILES string of the molecule is Cc1cc(NC(=O)C2CCC(N)C2)ccc1C(=O)NC(C)C.Cl. The molecule has 1 aliphatic rings. The molecule has 1 aliphatic carbocycles. The van der Waals surface area contributed by atoms with Crippen LogP contribution in [-0.2, 0) is 4.79 Å². The summed E-state index contributed by atoms with van der Waals surface area (Å²) in [5.41, 5.74) is 8.06. The molecule has 128 valence electrons. The maximum absolute atomic E-state index is 12.2. The molecule has 5 nitrogen and oxygen atoms in total. The lowest BCUT2D eigenvalue weighted by atomic mass is 10.0. The summed E-state index contributed by atoms with van der Waals surface area (Å²) >= 11 is 0. The van der Waals surface area contributed by atoms with Gasteiger partial charge in [0, 0.05) is 29.3 Å². The third-order valence-electron chi connectivity index (χ3n) is 4.00. The highest BCUT2D eigenvalue weighted by Crippen LogP contribution is 2.26. The van der Waals surface area contributed by atoms with Gasteiger partial charge < -0.3 is 16.4 Å². The summed E-state index contributed by atoms with van der Waals surface area (Å²) in [5.74, 6) is -0.0712. The van der Waals surface area contributed by atoms with E-state index >= 15 is 0 Å². The predicted octanol–water partition coefficient (Wildman–Crippen LogP) is 2.62. The Labute approximate surface area is 143 Å². The lowest BCUT2D eigenvalue weighted by Crippen LogP contribution is -2.30. The first-order chi connectivity index (χ1) is 10.4. The first-order valence-corrected chi connectivity index (χ1v) is 7.84. The van der Waals surface area contributed by atoms with Crippen LogP contribution >= 0.6 is 12.4 Å². The summed E-state index contributed by atoms with van der Waals surface area (Å²) in [7, 11) is 0. The molecule has 2 rings (SSSR count). The minimum atomic E-state index is -0.0906. The van der Waals surface area contributed by atoms with Crippen molar-refractivity contribution < 1.29 is 9.59 Å². The molecule has 0 bridgehead atoms. The minimum absolute atomic E-state index is 0. The van der Waals surface area contributed by atoms with Gasteiger partial charge in [0.2, 0.25) is 5.91 Å². The van der Waals surface area contributed by atoms with E-state index in [2.05, 4.69) is 10.6 Å². The third-order valence-corrected chi connectivity index (χ3v) is 4.00. The number of nitrogens with two attached hydrogens (primary N) is 1. The van der Waals surface area contributed by atoms with Gasteiger partial charge in [0.05, 0.1) is 0 Å². The topological polar surface area (TPSA) is 84.2 Å². The molecule has 2 atom stereocenters. The number of hydrogen-bond acceptors (Lipinski definition) is 3. The van der Waals surface area contributed by atoms with E-state index in [0.29, 0.717) is 5.56 Å². The number of carbonyl (C=O) groups is 2. The van der Waals surface area contributed by atoms with E-state index in [-0.39, 0.29) is 42.2 Å². The monoisotopic (exact) mass is 339 g/mol. The van der Waals surface area contributed by atoms with E-state index in [4.69, 9.17) is 5.73 Å². The van der Waals surface area contributed by atoms with Crippen LogP contribution < -0.4 is 16.4 Å². The molecule has 0 radical (unpaired) electrons. The Bertz CT molecular complexity index is 575. The van der Waals surface area contributed by atoms with Crippen molar-refractivity contribution in [1.29, 1.82) is 0 Å². The maximum atomic E-state index is 12.2. The number of anilines is 1. The predicted molar refractivity (Wildman–Crippen MR) is 95.0 cm³/mol. The summed E-state index contributed by atoms with van der Waals surface area (Å²) in [6.07, 6.45) is 2.51. The van der Waals surface area contributed by atoms with Crippen LogP contribution in [0.25, 0.3) is 0 Å². The van der Waals surface area contributed by atoms with E-state index in [1.165, 1.54) is 0 Å². The van der Waals surface area contributed by atoms with E-state index in [0.717, 1.165) is 30.5 Å². The summed E-state index contributed by atoms with van der Waals surface area (Å²) in [5, 5.41) is 5.80. The van der Waals surface area contributed by atoms with Crippen LogP contribution in [0.5, 0.6) is 0 Å². The van der Waals surface area contributed by atoms with Gasteiger partial charge in [0.1, 0.15) is 0 Å². The van der Waals surface area contributed by atoms with Crippen molar-refractivity contribution in [2.45, 2.75) is 52.1 Å². The third kappa shape index (κ3) is 5.22. The number of amides is 2. The van der Waals surface area contributed by atoms with Crippen LogP contribution in [0.4, 0.5) is 5.69 Å². The van der Waals surface area contributed by atoms with Crippen LogP contribution in [0.1, 0.15) is 49.0 Å². The number of benzene rings is 1. The van der Waals surface area contributed by atoms with Gasteiger partial charge in [-0.15, -0.1) is 12.4 Å². The molecule has 4 N–H and O–H groups in total. The van der Waals surface area contributed by atoms with Crippen LogP contribution in [0.3, 0.4) is 0 Å². The number of carbonyl (C=O) groups excluding carboxylic acids is 2. The van der Waals surface area contributed by atoms with Crippen LogP contribution in [0, 0.1) is 12.8 Å². The van der Waals surface area contributed by atoms with Gasteiger partial charge in [-0.1, -0.05) is 0 Å². The Balaban J connectivity index is 0.00000264. The normalized spacial score (nSPS) is 20.0. The molecule has 1 fully saturated rings. The molecule has 23 heavy (non-hydrogen) atoms. The Morgan fingerprint density at radius 3 is 2.48 bits per heavy atom. The van der Waals surface area contributed by atoms with E-state index < -0.39 is 0 Å². The molecule has 0 aliphatic heterocycles. The Hall–Kier alpha value is -1.59. The van der Waals surface area contributed by atoms with E-state index in [1.807, 2.05) is 26.8 Å². The van der Waals surface area contributed by atoms with E-state index in [9.17, 15) is 9.59 Å². The summed E-state index contributed by atoms with van der Waals surface area (Å²) in [6, 6.07) is 5.59. The zero-order valence-corrected chi connectivity index (χ0v) is 14.7. The lowest BCUT2D eigenvalue weighted by molar-refractivity contribution is -0.119. The van der Waals surface area contributed by atoms with Gasteiger partial charge in [-0.2, -0.15) is 0 Å². The second-order valence-electron chi connectivity index (χ2n) is 6.42. The van der Waals surface area contributed by atoms with Crippen molar-refractivity contribution in [3.8, 4) is 0 Å². The fourth-order valence-corrected chi connectivity index (χ4v) is 2.83. The standard InChI is InChI=1S/C17H25N3O2.ClH/c1-10(2)19-17(22)15-7-6-14(8-11(15)3)20-16(21)12-4-5-13(18)9-12;/h6-8,10,12-13H,4-5,9,18H2,1-3H3,(H,19,22)(H,20,21);1H. The van der Waals surface area contributed by atoms with Crippen LogP contribution in [0.15, 0.2) is 18.2 Å². The van der Waals surface area contributed by atoms with Gasteiger partial charge >= 0.3 is 0 Å². The molecule has 6 heteroatoms. The quantitative estimate of drug-likeness (QED) is 0.788. The summed E-state index contributed by atoms with van der Waals surface area (Å²) in [4.78, 5) is 24.2. The molecule has 0 spiro atoms. The number of rotatable bonds is 4. The summed E-state index contributed by atoms with van der Waals surface area (Å²) < 4.78 is 0. The van der Waals surface area contributed by atoms with Gasteiger partial charge in [-0.05, 0) is 63.8 Å². The van der Waals surface area contributed by atoms with Crippen molar-refractivity contribution in [2.24, 2.45) is 11.7 Å². The van der Waals surface area contributed by atoms with Gasteiger partial charge in [0.15, 0.2) is 0 Å². The molecule has 1 saturated carbocycles. The molecular formula is C17H26ClN3O2. The number of nitrogens with one attached hydrogen (secondary N) is 2. The van der Waals surface area contributed by atoms with Crippen molar-refractivity contribution in [2.75, 3.05) is 5.32 Å². The second kappa shape index (κ2) is 8.31. The van der Waals surface area contributed by atoms with Crippen LogP contribution in [-0.4, -0.2) is 23.9 Å². The second-order valence-corrected chi connectivity index (χ2v) is 6.42. The van der Waals surface area contributed by atoms with E-state index in [1.54, 1.807) is 12.1 Å². The first kappa shape index (κ1) is 19.5. The minimum Gasteiger partial charge on any atom is -0.350 e. The molecule has 2 amide bonds. The zero-order valence-electron chi connectivity index (χ0n) is 13.9. The molecule has 0 saturated heterocycles. The molecular weight excluding hydrogens is 314 g/mol. The Morgan fingerprint density at radius 2 is 1.96 bits per heavy atom. The average molecular weight is 340 g/mol. The fraction of sp³-hybridized carbons (Fsp3) is 0.529. The Kier molecular flexibility index (Phi) is 7.03. The van der Waals surface area contributed by atoms with Crippen molar-refractivity contribution in [3.05, 3.63) is 29.3 Å². The molecule has 0 heterocycles. The number of aryl methyl sites for hydroxylation is 1. The number of halogens is 1. The van der Waals surface area contributed by atoms with Crippen molar-refractivity contribution in [3.63, 3.8) is 0 Å². The molecule has 1 aromatic rings. The number of hydrogen-bond donors (Lipinski definition) is 3. The van der Waals surface area contributed by atoms with Gasteiger partial charge in [-0.25, -0.2) is 0 Å².